The van der Waals surface area contributed by atoms with Gasteiger partial charge in [-0.2, -0.15) is 5.10 Å². The van der Waals surface area contributed by atoms with Gasteiger partial charge in [0.25, 0.3) is 0 Å². The minimum absolute atomic E-state index is 0.257. The molecule has 1 fully saturated rings. The van der Waals surface area contributed by atoms with Gasteiger partial charge in [0, 0.05) is 12.5 Å². The average Bonchev–Trinajstić information content (AvgIpc) is 3.07. The van der Waals surface area contributed by atoms with E-state index in [9.17, 15) is 4.79 Å². The summed E-state index contributed by atoms with van der Waals surface area (Å²) < 4.78 is 2.02. The molecule has 1 amide bonds. The summed E-state index contributed by atoms with van der Waals surface area (Å²) in [5, 5.41) is 7.97. The van der Waals surface area contributed by atoms with E-state index in [0.29, 0.717) is 19.0 Å². The first-order chi connectivity index (χ1) is 13.3. The predicted octanol–water partition coefficient (Wildman–Crippen LogP) is 2.58. The van der Waals surface area contributed by atoms with Gasteiger partial charge < -0.3 is 10.2 Å². The Labute approximate surface area is 157 Å². The van der Waals surface area contributed by atoms with Gasteiger partial charge in [-0.3, -0.25) is 14.5 Å². The molecule has 1 N–H and O–H groups in total. The Morgan fingerprint density at radius 3 is 2.85 bits per heavy atom. The second kappa shape index (κ2) is 6.64. The molecule has 1 aromatic carbocycles. The molecule has 1 aliphatic carbocycles. The van der Waals surface area contributed by atoms with Crippen LogP contribution in [0.3, 0.4) is 0 Å². The molecule has 1 saturated carbocycles. The lowest BCUT2D eigenvalue weighted by Gasteiger charge is -2.34. The van der Waals surface area contributed by atoms with Crippen molar-refractivity contribution in [3.8, 4) is 0 Å². The summed E-state index contributed by atoms with van der Waals surface area (Å²) in [5.41, 5.74) is 3.82. The van der Waals surface area contributed by atoms with E-state index in [4.69, 9.17) is 0 Å². The van der Waals surface area contributed by atoms with Crippen molar-refractivity contribution in [1.82, 2.24) is 24.6 Å². The van der Waals surface area contributed by atoms with E-state index in [-0.39, 0.29) is 5.92 Å². The molecule has 2 aromatic heterocycles. The topological polar surface area (TPSA) is 75.9 Å². The maximum absolute atomic E-state index is 12.5. The van der Waals surface area contributed by atoms with Crippen molar-refractivity contribution in [2.75, 3.05) is 11.9 Å². The number of nitrogens with one attached hydrogen (secondary N) is 1. The monoisotopic (exact) mass is 362 g/mol. The van der Waals surface area contributed by atoms with Crippen molar-refractivity contribution in [2.45, 2.75) is 38.9 Å². The van der Waals surface area contributed by atoms with Crippen molar-refractivity contribution in [3.05, 3.63) is 47.9 Å². The number of aromatic nitrogens is 4. The van der Waals surface area contributed by atoms with Crippen LogP contribution in [0.15, 0.2) is 36.5 Å². The van der Waals surface area contributed by atoms with E-state index >= 15 is 0 Å². The molecule has 3 heterocycles. The van der Waals surface area contributed by atoms with Crippen LogP contribution in [0, 0.1) is 5.92 Å². The SMILES string of the molecule is O=C(C1CCC1)N1CCn2nc(CNc3cnc4ccccc4n3)cc2C1. The Bertz CT molecular complexity index is 993. The van der Waals surface area contributed by atoms with Crippen molar-refractivity contribution >= 4 is 22.8 Å². The van der Waals surface area contributed by atoms with Gasteiger partial charge in [-0.05, 0) is 31.0 Å². The largest absolute Gasteiger partial charge is 0.363 e. The van der Waals surface area contributed by atoms with Crippen LogP contribution in [-0.2, 0) is 24.4 Å². The average molecular weight is 362 g/mol. The van der Waals surface area contributed by atoms with Gasteiger partial charge >= 0.3 is 0 Å². The van der Waals surface area contributed by atoms with Crippen LogP contribution >= 0.6 is 0 Å². The summed E-state index contributed by atoms with van der Waals surface area (Å²) in [6.45, 7) is 2.78. The summed E-state index contributed by atoms with van der Waals surface area (Å²) in [5.74, 6) is 1.31. The van der Waals surface area contributed by atoms with Gasteiger partial charge in [0.2, 0.25) is 5.91 Å². The molecule has 0 radical (unpaired) electrons. The van der Waals surface area contributed by atoms with Crippen LogP contribution in [0.4, 0.5) is 5.82 Å². The molecular weight excluding hydrogens is 340 g/mol. The molecule has 2 aliphatic rings. The molecule has 7 heteroatoms. The Hall–Kier alpha value is -2.96. The van der Waals surface area contributed by atoms with Gasteiger partial charge in [-0.15, -0.1) is 0 Å². The molecule has 0 spiro atoms. The molecule has 27 heavy (non-hydrogen) atoms. The fourth-order valence-electron chi connectivity index (χ4n) is 3.74. The van der Waals surface area contributed by atoms with Crippen LogP contribution in [-0.4, -0.2) is 37.1 Å². The van der Waals surface area contributed by atoms with E-state index in [0.717, 1.165) is 54.2 Å². The van der Waals surface area contributed by atoms with E-state index in [2.05, 4.69) is 26.4 Å². The predicted molar refractivity (Wildman–Crippen MR) is 102 cm³/mol. The van der Waals surface area contributed by atoms with Crippen molar-refractivity contribution < 1.29 is 4.79 Å². The van der Waals surface area contributed by atoms with Gasteiger partial charge in [0.15, 0.2) is 0 Å². The van der Waals surface area contributed by atoms with Crippen LogP contribution in [0.5, 0.6) is 0 Å². The molecule has 5 rings (SSSR count). The Balaban J connectivity index is 1.25. The number of carbonyl (C=O) groups excluding carboxylic acids is 1. The Kier molecular flexibility index (Phi) is 3.99. The highest BCUT2D eigenvalue weighted by atomic mass is 16.2. The highest BCUT2D eigenvalue weighted by Crippen LogP contribution is 2.29. The minimum Gasteiger partial charge on any atom is -0.363 e. The van der Waals surface area contributed by atoms with Gasteiger partial charge in [-0.25, -0.2) is 4.98 Å². The number of fused-ring (bicyclic) bond motifs is 2. The second-order valence-electron chi connectivity index (χ2n) is 7.34. The van der Waals surface area contributed by atoms with Crippen molar-refractivity contribution in [2.24, 2.45) is 5.92 Å². The second-order valence-corrected chi connectivity index (χ2v) is 7.34. The minimum atomic E-state index is 0.257. The lowest BCUT2D eigenvalue weighted by atomic mass is 9.84. The van der Waals surface area contributed by atoms with Gasteiger partial charge in [-0.1, -0.05) is 18.6 Å². The first-order valence-electron chi connectivity index (χ1n) is 9.56. The maximum Gasteiger partial charge on any atom is 0.226 e. The maximum atomic E-state index is 12.5. The highest BCUT2D eigenvalue weighted by Gasteiger charge is 2.31. The molecular formula is C20H22N6O. The zero-order valence-corrected chi connectivity index (χ0v) is 15.1. The zero-order valence-electron chi connectivity index (χ0n) is 15.1. The lowest BCUT2D eigenvalue weighted by molar-refractivity contribution is -0.139. The molecule has 0 bridgehead atoms. The van der Waals surface area contributed by atoms with Crippen LogP contribution < -0.4 is 5.32 Å². The number of benzene rings is 1. The first kappa shape index (κ1) is 16.2. The number of carbonyl (C=O) groups is 1. The van der Waals surface area contributed by atoms with Crippen molar-refractivity contribution in [1.29, 1.82) is 0 Å². The molecule has 0 unspecified atom stereocenters. The summed E-state index contributed by atoms with van der Waals surface area (Å²) >= 11 is 0. The summed E-state index contributed by atoms with van der Waals surface area (Å²) in [7, 11) is 0. The third-order valence-corrected chi connectivity index (χ3v) is 5.51. The molecule has 7 nitrogen and oxygen atoms in total. The van der Waals surface area contributed by atoms with E-state index in [1.165, 1.54) is 6.42 Å². The molecule has 0 atom stereocenters. The van der Waals surface area contributed by atoms with Crippen LogP contribution in [0.1, 0.15) is 30.7 Å². The normalized spacial score (nSPS) is 16.8. The summed E-state index contributed by atoms with van der Waals surface area (Å²) in [4.78, 5) is 23.5. The number of anilines is 1. The smallest absolute Gasteiger partial charge is 0.226 e. The number of nitrogens with zero attached hydrogens (tertiary/aromatic N) is 5. The third kappa shape index (κ3) is 3.13. The number of hydrogen-bond acceptors (Lipinski definition) is 5. The fourth-order valence-corrected chi connectivity index (χ4v) is 3.74. The van der Waals surface area contributed by atoms with E-state index < -0.39 is 0 Å². The summed E-state index contributed by atoms with van der Waals surface area (Å²) in [6, 6.07) is 9.91. The summed E-state index contributed by atoms with van der Waals surface area (Å²) in [6.07, 6.45) is 5.04. The lowest BCUT2D eigenvalue weighted by Crippen LogP contribution is -2.43. The Morgan fingerprint density at radius 1 is 1.19 bits per heavy atom. The quantitative estimate of drug-likeness (QED) is 0.772. The fraction of sp³-hybridized carbons (Fsp3) is 0.400. The molecule has 0 saturated heterocycles. The number of rotatable bonds is 4. The van der Waals surface area contributed by atoms with Crippen LogP contribution in [0.2, 0.25) is 0 Å². The zero-order chi connectivity index (χ0) is 18.2. The number of hydrogen-bond donors (Lipinski definition) is 1. The number of amides is 1. The van der Waals surface area contributed by atoms with Crippen molar-refractivity contribution in [3.63, 3.8) is 0 Å². The molecule has 3 aromatic rings. The van der Waals surface area contributed by atoms with Gasteiger partial charge in [0.1, 0.15) is 5.82 Å². The van der Waals surface area contributed by atoms with Crippen LogP contribution in [0.25, 0.3) is 11.0 Å². The first-order valence-corrected chi connectivity index (χ1v) is 9.56. The number of para-hydroxylation sites is 2. The van der Waals surface area contributed by atoms with Gasteiger partial charge in [0.05, 0.1) is 48.3 Å². The van der Waals surface area contributed by atoms with E-state index in [1.807, 2.05) is 33.8 Å². The van der Waals surface area contributed by atoms with E-state index in [1.54, 1.807) is 6.20 Å². The third-order valence-electron chi connectivity index (χ3n) is 5.51. The molecule has 138 valence electrons. The Morgan fingerprint density at radius 2 is 2.04 bits per heavy atom. The highest BCUT2D eigenvalue weighted by molar-refractivity contribution is 5.79. The molecule has 1 aliphatic heterocycles. The standard InChI is InChI=1S/C20H22N6O/c27-20(14-4-3-5-14)25-8-9-26-16(13-25)10-15(24-26)11-22-19-12-21-17-6-1-2-7-18(17)23-19/h1-2,6-7,10,12,14H,3-5,8-9,11,13H2,(H,22,23).